The molecule has 93 heavy (non-hydrogen) atoms. The zero-order chi connectivity index (χ0) is 66.5. The Hall–Kier alpha value is -9.56. The van der Waals surface area contributed by atoms with Crippen molar-refractivity contribution in [2.24, 2.45) is 5.14 Å². The number of halogens is 6. The number of fused-ring (bicyclic) bond motifs is 3. The molecule has 3 heterocycles. The van der Waals surface area contributed by atoms with Crippen LogP contribution in [0.3, 0.4) is 0 Å². The lowest BCUT2D eigenvalue weighted by atomic mass is 10.1. The molecule has 15 nitrogen and oxygen atoms in total. The summed E-state index contributed by atoms with van der Waals surface area (Å²) in [5.74, 6) is 2.14. The third-order valence-corrected chi connectivity index (χ3v) is 19.8. The highest BCUT2D eigenvalue weighted by Crippen LogP contribution is 2.35. The molecule has 12 aromatic rings. The number of primary sulfonamides is 1. The predicted molar refractivity (Wildman–Crippen MR) is 351 cm³/mol. The summed E-state index contributed by atoms with van der Waals surface area (Å²) in [6.07, 6.45) is -2.60. The van der Waals surface area contributed by atoms with Crippen LogP contribution in [0.1, 0.15) is 45.3 Å². The number of rotatable bonds is 16. The minimum atomic E-state index is -4.37. The van der Waals surface area contributed by atoms with Crippen LogP contribution in [0.15, 0.2) is 221 Å². The summed E-state index contributed by atoms with van der Waals surface area (Å²) in [5, 5.41) is 5.36. The maximum absolute atomic E-state index is 12.7. The second-order valence-electron chi connectivity index (χ2n) is 21.9. The smallest absolute Gasteiger partial charge is 0.342 e. The minimum absolute atomic E-state index is 0.119. The number of nitrogens with zero attached hydrogens (tertiary/aromatic N) is 5. The maximum atomic E-state index is 12.7. The molecule has 0 saturated carbocycles. The van der Waals surface area contributed by atoms with Gasteiger partial charge in [0.2, 0.25) is 30.1 Å². The van der Waals surface area contributed by atoms with Crippen LogP contribution >= 0.6 is 0 Å². The van der Waals surface area contributed by atoms with Crippen LogP contribution in [-0.2, 0) is 68.1 Å². The monoisotopic (exact) mass is 1320 g/mol. The molecule has 0 bridgehead atoms. The van der Waals surface area contributed by atoms with Gasteiger partial charge >= 0.3 is 12.4 Å². The first-order chi connectivity index (χ1) is 44.1. The number of aromatic nitrogens is 6. The minimum Gasteiger partial charge on any atom is -0.342 e. The van der Waals surface area contributed by atoms with Gasteiger partial charge in [-0.15, -0.1) is 0 Å². The van der Waals surface area contributed by atoms with Gasteiger partial charge in [-0.1, -0.05) is 133 Å². The van der Waals surface area contributed by atoms with Crippen LogP contribution in [0, 0.1) is 0 Å². The number of benzene rings is 9. The predicted octanol–water partition coefficient (Wildman–Crippen LogP) is 14.6. The SMILES string of the molecule is CN(C)S(=O)(=O)c1ccccc1-c1ccc2nc(/C=C/c3ccc(C(F)(F)F)cc3)[nH]c2c1.CN(C)S(=O)(=O)c1ccccc1-c1ccc2nc(CCc3ccc(C(F)(F)F)cc3)[nH]c2c1.NS(=O)(=O)c1ccccc1-c1ccc2nc(CCc3ccccc3)[nH]c2c1. The van der Waals surface area contributed by atoms with Gasteiger partial charge in [0.15, 0.2) is 0 Å². The molecule has 0 saturated heterocycles. The van der Waals surface area contributed by atoms with Crippen molar-refractivity contribution in [3.05, 3.63) is 252 Å². The van der Waals surface area contributed by atoms with Gasteiger partial charge in [0.05, 0.1) is 58.9 Å². The number of nitrogens with one attached hydrogen (secondary N) is 3. The quantitative estimate of drug-likeness (QED) is 0.0675. The lowest BCUT2D eigenvalue weighted by Gasteiger charge is -2.15. The second kappa shape index (κ2) is 27.3. The Bertz CT molecular complexity index is 5030. The molecule has 0 aliphatic carbocycles. The van der Waals surface area contributed by atoms with Crippen LogP contribution in [0.2, 0.25) is 0 Å². The Balaban J connectivity index is 0.000000153. The number of H-pyrrole nitrogens is 3. The van der Waals surface area contributed by atoms with Crippen LogP contribution < -0.4 is 5.14 Å². The molecule has 0 aliphatic heterocycles. The summed E-state index contributed by atoms with van der Waals surface area (Å²) in [7, 11) is -5.08. The van der Waals surface area contributed by atoms with Gasteiger partial charge < -0.3 is 15.0 Å². The van der Waals surface area contributed by atoms with Gasteiger partial charge in [0, 0.05) is 57.7 Å². The Morgan fingerprint density at radius 1 is 0.409 bits per heavy atom. The van der Waals surface area contributed by atoms with E-state index in [1.165, 1.54) is 72.7 Å². The molecule has 12 rings (SSSR count). The average Bonchev–Trinajstić information content (AvgIpc) is 1.79. The van der Waals surface area contributed by atoms with Crippen molar-refractivity contribution in [3.8, 4) is 33.4 Å². The lowest BCUT2D eigenvalue weighted by molar-refractivity contribution is -0.138. The molecule has 24 heteroatoms. The number of aryl methyl sites for hydroxylation is 4. The standard InChI is InChI=1S/C24H22F3N3O2S.C24H20F3N3O2S.C21H19N3O2S/c2*1-30(2)33(31,32)22-6-4-3-5-19(22)17-10-13-20-21(15-17)29-23(28-20)14-9-16-7-11-18(12-8-16)24(25,26)27;22-27(25,26)20-9-5-4-8-17(20)16-11-12-18-19(14-16)24-21(23-18)13-10-15-6-2-1-3-7-15/h3-8,10-13,15H,9,14H2,1-2H3,(H,28,29);3-15H,1-2H3,(H,28,29);1-9,11-12,14H,10,13H2,(H,23,24)(H2,22,25,26)/b;14-9+;. The fourth-order valence-electron chi connectivity index (χ4n) is 10.2. The number of nitrogens with two attached hydrogens (primary N) is 1. The van der Waals surface area contributed by atoms with E-state index in [0.29, 0.717) is 63.3 Å². The van der Waals surface area contributed by atoms with Gasteiger partial charge in [0.25, 0.3) is 0 Å². The average molecular weight is 1320 g/mol. The van der Waals surface area contributed by atoms with Crippen molar-refractivity contribution < 1.29 is 51.6 Å². The molecule has 478 valence electrons. The molecule has 5 N–H and O–H groups in total. The Morgan fingerprint density at radius 2 is 0.774 bits per heavy atom. The molecule has 0 radical (unpaired) electrons. The topological polar surface area (TPSA) is 221 Å². The molecular weight excluding hydrogens is 1260 g/mol. The Labute approximate surface area is 533 Å². The van der Waals surface area contributed by atoms with Gasteiger partial charge in [-0.05, 0) is 131 Å². The maximum Gasteiger partial charge on any atom is 0.416 e. The van der Waals surface area contributed by atoms with Crippen molar-refractivity contribution >= 4 is 75.3 Å². The molecule has 0 atom stereocenters. The van der Waals surface area contributed by atoms with Crippen molar-refractivity contribution in [2.45, 2.75) is 52.7 Å². The summed E-state index contributed by atoms with van der Waals surface area (Å²) in [5.41, 5.74) is 9.87. The Morgan fingerprint density at radius 3 is 1.19 bits per heavy atom. The third kappa shape index (κ3) is 15.9. The van der Waals surface area contributed by atoms with E-state index < -0.39 is 53.5 Å². The first-order valence-electron chi connectivity index (χ1n) is 28.8. The number of sulfonamides is 3. The normalized spacial score (nSPS) is 12.4. The fourth-order valence-corrected chi connectivity index (χ4v) is 13.1. The van der Waals surface area contributed by atoms with Crippen LogP contribution in [0.25, 0.3) is 78.6 Å². The van der Waals surface area contributed by atoms with E-state index in [4.69, 9.17) is 5.14 Å². The van der Waals surface area contributed by atoms with Gasteiger partial charge in [-0.3, -0.25) is 0 Å². The summed E-state index contributed by atoms with van der Waals surface area (Å²) in [4.78, 5) is 23.9. The molecule has 9 aromatic carbocycles. The molecule has 0 unspecified atom stereocenters. The Kier molecular flexibility index (Phi) is 19.5. The molecule has 3 aromatic heterocycles. The highest BCUT2D eigenvalue weighted by molar-refractivity contribution is 7.89. The molecule has 0 aliphatic rings. The van der Waals surface area contributed by atoms with E-state index in [-0.39, 0.29) is 14.7 Å². The number of imidazole rings is 3. The number of hydrogen-bond acceptors (Lipinski definition) is 9. The summed E-state index contributed by atoms with van der Waals surface area (Å²) < 4.78 is 153. The summed E-state index contributed by atoms with van der Waals surface area (Å²) in [6.45, 7) is 0. The first-order valence-corrected chi connectivity index (χ1v) is 33.2. The van der Waals surface area contributed by atoms with Gasteiger partial charge in [0.1, 0.15) is 17.5 Å². The highest BCUT2D eigenvalue weighted by Gasteiger charge is 2.31. The van der Waals surface area contributed by atoms with Crippen LogP contribution in [0.5, 0.6) is 0 Å². The van der Waals surface area contributed by atoms with E-state index in [1.54, 1.807) is 91.0 Å². The third-order valence-electron chi connectivity index (χ3n) is 15.1. The first kappa shape index (κ1) is 66.4. The van der Waals surface area contributed by atoms with E-state index >= 15 is 0 Å². The van der Waals surface area contributed by atoms with Crippen molar-refractivity contribution in [1.82, 2.24) is 38.5 Å². The summed E-state index contributed by atoms with van der Waals surface area (Å²) >= 11 is 0. The zero-order valence-corrected chi connectivity index (χ0v) is 52.8. The van der Waals surface area contributed by atoms with E-state index in [1.807, 2.05) is 60.7 Å². The van der Waals surface area contributed by atoms with Crippen molar-refractivity contribution in [2.75, 3.05) is 28.2 Å². The van der Waals surface area contributed by atoms with Gasteiger partial charge in [-0.2, -0.15) is 26.3 Å². The number of aromatic amines is 3. The van der Waals surface area contributed by atoms with E-state index in [0.717, 1.165) is 81.7 Å². The van der Waals surface area contributed by atoms with E-state index in [9.17, 15) is 51.6 Å². The zero-order valence-electron chi connectivity index (χ0n) is 50.4. The van der Waals surface area contributed by atoms with E-state index in [2.05, 4.69) is 42.0 Å². The summed E-state index contributed by atoms with van der Waals surface area (Å²) in [6, 6.07) is 57.2. The van der Waals surface area contributed by atoms with Crippen molar-refractivity contribution in [3.63, 3.8) is 0 Å². The van der Waals surface area contributed by atoms with Gasteiger partial charge in [-0.25, -0.2) is 54.0 Å². The number of alkyl halides is 6. The largest absolute Gasteiger partial charge is 0.416 e. The molecule has 0 amide bonds. The molecule has 0 fully saturated rings. The molecular formula is C69H61F6N9O6S3. The highest BCUT2D eigenvalue weighted by atomic mass is 32.2. The van der Waals surface area contributed by atoms with Crippen LogP contribution in [0.4, 0.5) is 26.3 Å². The number of hydrogen-bond donors (Lipinski definition) is 4. The lowest BCUT2D eigenvalue weighted by Crippen LogP contribution is -2.22. The second-order valence-corrected chi connectivity index (χ2v) is 27.7. The fraction of sp³-hybridized carbons (Fsp3) is 0.145. The molecule has 0 spiro atoms. The van der Waals surface area contributed by atoms with Crippen LogP contribution in [-0.4, -0.2) is 92.0 Å². The van der Waals surface area contributed by atoms with Crippen molar-refractivity contribution in [1.29, 1.82) is 0 Å².